The molecule has 1 aliphatic rings. The maximum atomic E-state index is 12.3. The van der Waals surface area contributed by atoms with E-state index in [1.165, 1.54) is 0 Å². The number of piperidine rings is 1. The lowest BCUT2D eigenvalue weighted by Gasteiger charge is -2.32. The molecule has 19 heavy (non-hydrogen) atoms. The van der Waals surface area contributed by atoms with E-state index in [4.69, 9.17) is 0 Å². The molecule has 4 nitrogen and oxygen atoms in total. The first-order valence-corrected chi connectivity index (χ1v) is 6.63. The number of fused-ring (bicyclic) bond motifs is 1. The summed E-state index contributed by atoms with van der Waals surface area (Å²) in [6.45, 7) is 0.794. The summed E-state index contributed by atoms with van der Waals surface area (Å²) in [5.41, 5.74) is 1.92. The molecule has 0 aliphatic carbocycles. The van der Waals surface area contributed by atoms with E-state index in [2.05, 4.69) is 10.3 Å². The van der Waals surface area contributed by atoms with Gasteiger partial charge in [0.25, 0.3) is 0 Å². The van der Waals surface area contributed by atoms with Crippen LogP contribution in [-0.2, 0) is 4.79 Å². The summed E-state index contributed by atoms with van der Waals surface area (Å²) in [6, 6.07) is 9.87. The van der Waals surface area contributed by atoms with Crippen LogP contribution in [0.3, 0.4) is 0 Å². The Kier molecular flexibility index (Phi) is 3.17. The smallest absolute Gasteiger partial charge is 0.244 e. The van der Waals surface area contributed by atoms with Gasteiger partial charge in [0.1, 0.15) is 0 Å². The third-order valence-electron chi connectivity index (χ3n) is 3.69. The summed E-state index contributed by atoms with van der Waals surface area (Å²) < 4.78 is 0. The van der Waals surface area contributed by atoms with Crippen molar-refractivity contribution < 1.29 is 4.79 Å². The molecule has 98 valence electrons. The molecule has 1 fully saturated rings. The Balaban J connectivity index is 1.97. The number of likely N-dealkylation sites (N-methyl/N-ethyl adjacent to an activating group) is 1. The fraction of sp³-hybridized carbons (Fsp3) is 0.333. The lowest BCUT2D eigenvalue weighted by Crippen LogP contribution is -2.49. The number of carbonyl (C=O) groups is 1. The number of hydrogen-bond acceptors (Lipinski definition) is 3. The zero-order chi connectivity index (χ0) is 13.2. The third kappa shape index (κ3) is 2.19. The molecular formula is C15H17N3O. The van der Waals surface area contributed by atoms with Crippen molar-refractivity contribution in [3.05, 3.63) is 36.5 Å². The first kappa shape index (κ1) is 12.1. The molecule has 2 heterocycles. The average Bonchev–Trinajstić information content (AvgIpc) is 2.47. The lowest BCUT2D eigenvalue weighted by atomic mass is 10.0. The van der Waals surface area contributed by atoms with Crippen molar-refractivity contribution in [2.45, 2.75) is 18.9 Å². The normalized spacial score (nSPS) is 19.9. The van der Waals surface area contributed by atoms with Gasteiger partial charge < -0.3 is 10.2 Å². The largest absolute Gasteiger partial charge is 0.311 e. The highest BCUT2D eigenvalue weighted by Crippen LogP contribution is 2.24. The standard InChI is InChI=1S/C15H17N3O/c1-16-14-5-3-9-18(15(14)19)12-6-7-13-11(10-12)4-2-8-17-13/h2,4,6-8,10,14,16H,3,5,9H2,1H3. The molecule has 1 amide bonds. The van der Waals surface area contributed by atoms with Crippen LogP contribution >= 0.6 is 0 Å². The van der Waals surface area contributed by atoms with Gasteiger partial charge in [-0.15, -0.1) is 0 Å². The molecule has 1 aliphatic heterocycles. The number of benzene rings is 1. The topological polar surface area (TPSA) is 45.2 Å². The maximum Gasteiger partial charge on any atom is 0.244 e. The minimum atomic E-state index is -0.0571. The Labute approximate surface area is 112 Å². The minimum absolute atomic E-state index is 0.0571. The van der Waals surface area contributed by atoms with Gasteiger partial charge in [0.05, 0.1) is 11.6 Å². The van der Waals surface area contributed by atoms with Crippen LogP contribution in [-0.4, -0.2) is 30.5 Å². The lowest BCUT2D eigenvalue weighted by molar-refractivity contribution is -0.121. The molecule has 1 atom stereocenters. The number of hydrogen-bond donors (Lipinski definition) is 1. The molecule has 1 unspecified atom stereocenters. The van der Waals surface area contributed by atoms with E-state index in [1.54, 1.807) is 6.20 Å². The number of anilines is 1. The third-order valence-corrected chi connectivity index (χ3v) is 3.69. The molecule has 1 N–H and O–H groups in total. The van der Waals surface area contributed by atoms with Crippen LogP contribution in [0, 0.1) is 0 Å². The molecule has 1 aromatic carbocycles. The number of nitrogens with zero attached hydrogens (tertiary/aromatic N) is 2. The Morgan fingerprint density at radius 3 is 3.11 bits per heavy atom. The quantitative estimate of drug-likeness (QED) is 0.892. The summed E-state index contributed by atoms with van der Waals surface area (Å²) >= 11 is 0. The van der Waals surface area contributed by atoms with E-state index in [9.17, 15) is 4.79 Å². The van der Waals surface area contributed by atoms with E-state index < -0.39 is 0 Å². The van der Waals surface area contributed by atoms with Crippen molar-refractivity contribution in [1.29, 1.82) is 0 Å². The van der Waals surface area contributed by atoms with Gasteiger partial charge in [0.2, 0.25) is 5.91 Å². The second kappa shape index (κ2) is 4.97. The van der Waals surface area contributed by atoms with Gasteiger partial charge in [-0.3, -0.25) is 9.78 Å². The number of aromatic nitrogens is 1. The molecule has 0 saturated carbocycles. The van der Waals surface area contributed by atoms with Crippen LogP contribution in [0.2, 0.25) is 0 Å². The molecule has 0 bridgehead atoms. The fourth-order valence-corrected chi connectivity index (χ4v) is 2.63. The van der Waals surface area contributed by atoms with Gasteiger partial charge in [-0.2, -0.15) is 0 Å². The van der Waals surface area contributed by atoms with Gasteiger partial charge >= 0.3 is 0 Å². The van der Waals surface area contributed by atoms with Gasteiger partial charge in [0, 0.05) is 23.8 Å². The summed E-state index contributed by atoms with van der Waals surface area (Å²) in [7, 11) is 1.84. The van der Waals surface area contributed by atoms with Gasteiger partial charge in [-0.25, -0.2) is 0 Å². The van der Waals surface area contributed by atoms with Crippen LogP contribution in [0.15, 0.2) is 36.5 Å². The van der Waals surface area contributed by atoms with Gasteiger partial charge in [0.15, 0.2) is 0 Å². The second-order valence-electron chi connectivity index (χ2n) is 4.85. The second-order valence-corrected chi connectivity index (χ2v) is 4.85. The first-order chi connectivity index (χ1) is 9.29. The zero-order valence-electron chi connectivity index (χ0n) is 11.0. The number of amides is 1. The summed E-state index contributed by atoms with van der Waals surface area (Å²) in [5.74, 6) is 0.164. The van der Waals surface area contributed by atoms with Crippen LogP contribution in [0.4, 0.5) is 5.69 Å². The zero-order valence-corrected chi connectivity index (χ0v) is 11.0. The Hall–Kier alpha value is -1.94. The molecule has 0 radical (unpaired) electrons. The summed E-state index contributed by atoms with van der Waals surface area (Å²) in [4.78, 5) is 18.5. The summed E-state index contributed by atoms with van der Waals surface area (Å²) in [6.07, 6.45) is 3.73. The molecule has 1 saturated heterocycles. The number of carbonyl (C=O) groups excluding carboxylic acids is 1. The van der Waals surface area contributed by atoms with Crippen molar-refractivity contribution in [2.75, 3.05) is 18.5 Å². The van der Waals surface area contributed by atoms with Crippen molar-refractivity contribution >= 4 is 22.5 Å². The Morgan fingerprint density at radius 2 is 2.26 bits per heavy atom. The fourth-order valence-electron chi connectivity index (χ4n) is 2.63. The predicted molar refractivity (Wildman–Crippen MR) is 76.2 cm³/mol. The molecule has 4 heteroatoms. The van der Waals surface area contributed by atoms with Gasteiger partial charge in [-0.1, -0.05) is 6.07 Å². The first-order valence-electron chi connectivity index (χ1n) is 6.63. The van der Waals surface area contributed by atoms with Crippen LogP contribution in [0.5, 0.6) is 0 Å². The number of nitrogens with one attached hydrogen (secondary N) is 1. The Bertz CT molecular complexity index is 611. The van der Waals surface area contributed by atoms with E-state index >= 15 is 0 Å². The Morgan fingerprint density at radius 1 is 1.37 bits per heavy atom. The SMILES string of the molecule is CNC1CCCN(c2ccc3ncccc3c2)C1=O. The van der Waals surface area contributed by atoms with Crippen molar-refractivity contribution in [3.8, 4) is 0 Å². The van der Waals surface area contributed by atoms with E-state index in [-0.39, 0.29) is 11.9 Å². The van der Waals surface area contributed by atoms with Crippen LogP contribution < -0.4 is 10.2 Å². The number of rotatable bonds is 2. The highest BCUT2D eigenvalue weighted by atomic mass is 16.2. The van der Waals surface area contributed by atoms with E-state index in [1.807, 2.05) is 42.3 Å². The number of pyridine rings is 1. The maximum absolute atomic E-state index is 12.3. The van der Waals surface area contributed by atoms with Crippen molar-refractivity contribution in [3.63, 3.8) is 0 Å². The highest BCUT2D eigenvalue weighted by Gasteiger charge is 2.28. The van der Waals surface area contributed by atoms with E-state index in [0.29, 0.717) is 0 Å². The van der Waals surface area contributed by atoms with Crippen molar-refractivity contribution in [2.24, 2.45) is 0 Å². The molecule has 1 aromatic heterocycles. The molecule has 3 rings (SSSR count). The van der Waals surface area contributed by atoms with Crippen molar-refractivity contribution in [1.82, 2.24) is 10.3 Å². The van der Waals surface area contributed by atoms with Gasteiger partial charge in [-0.05, 0) is 44.2 Å². The van der Waals surface area contributed by atoms with Crippen LogP contribution in [0.1, 0.15) is 12.8 Å². The average molecular weight is 255 g/mol. The van der Waals surface area contributed by atoms with E-state index in [0.717, 1.165) is 36.0 Å². The molecule has 2 aromatic rings. The molecular weight excluding hydrogens is 238 g/mol. The summed E-state index contributed by atoms with van der Waals surface area (Å²) in [5, 5.41) is 4.16. The highest BCUT2D eigenvalue weighted by molar-refractivity contribution is 5.99. The van der Waals surface area contributed by atoms with Crippen LogP contribution in [0.25, 0.3) is 10.9 Å². The minimum Gasteiger partial charge on any atom is -0.311 e. The molecule has 0 spiro atoms. The monoisotopic (exact) mass is 255 g/mol. The predicted octanol–water partition coefficient (Wildman–Crippen LogP) is 1.95.